The molecule has 37 heavy (non-hydrogen) atoms. The van der Waals surface area contributed by atoms with Gasteiger partial charge in [0.15, 0.2) is 5.82 Å². The average molecular weight is 496 g/mol. The minimum Gasteiger partial charge on any atom is -0.350 e. The van der Waals surface area contributed by atoms with Gasteiger partial charge in [-0.05, 0) is 72.9 Å². The molecule has 186 valence electrons. The second kappa shape index (κ2) is 8.89. The molecule has 2 amide bonds. The highest BCUT2D eigenvalue weighted by Crippen LogP contribution is 2.33. The first-order valence-corrected chi connectivity index (χ1v) is 12.3. The summed E-state index contributed by atoms with van der Waals surface area (Å²) in [6.07, 6.45) is 3.68. The van der Waals surface area contributed by atoms with E-state index in [-0.39, 0.29) is 29.6 Å². The Bertz CT molecular complexity index is 1680. The van der Waals surface area contributed by atoms with Crippen molar-refractivity contribution in [2.24, 2.45) is 13.0 Å². The van der Waals surface area contributed by atoms with Gasteiger partial charge in [-0.15, -0.1) is 0 Å². The van der Waals surface area contributed by atoms with Crippen LogP contribution in [0, 0.1) is 11.7 Å². The van der Waals surface area contributed by atoms with Gasteiger partial charge in [0.25, 0.3) is 5.91 Å². The Kier molecular flexibility index (Phi) is 5.52. The highest BCUT2D eigenvalue weighted by molar-refractivity contribution is 6.08. The van der Waals surface area contributed by atoms with E-state index in [9.17, 15) is 14.0 Å². The summed E-state index contributed by atoms with van der Waals surface area (Å²) in [6, 6.07) is 17.8. The lowest BCUT2D eigenvalue weighted by atomic mass is 10.0. The van der Waals surface area contributed by atoms with Gasteiger partial charge in [-0.1, -0.05) is 24.3 Å². The zero-order valence-electron chi connectivity index (χ0n) is 20.5. The van der Waals surface area contributed by atoms with Crippen molar-refractivity contribution in [2.75, 3.05) is 5.32 Å². The Morgan fingerprint density at radius 2 is 1.84 bits per heavy atom. The minimum atomic E-state index is -0.348. The van der Waals surface area contributed by atoms with Gasteiger partial charge in [0.2, 0.25) is 5.91 Å². The second-order valence-electron chi connectivity index (χ2n) is 9.73. The number of amides is 2. The van der Waals surface area contributed by atoms with Gasteiger partial charge < -0.3 is 15.2 Å². The van der Waals surface area contributed by atoms with Crippen LogP contribution >= 0.6 is 0 Å². The van der Waals surface area contributed by atoms with Crippen LogP contribution in [0.25, 0.3) is 32.9 Å². The average Bonchev–Trinajstić information content (AvgIpc) is 3.60. The van der Waals surface area contributed by atoms with E-state index in [1.807, 2.05) is 61.1 Å². The number of halogens is 1. The third-order valence-corrected chi connectivity index (χ3v) is 7.02. The lowest BCUT2D eigenvalue weighted by molar-refractivity contribution is -0.117. The number of fused-ring (bicyclic) bond motifs is 2. The molecule has 2 heterocycles. The number of nitrogens with one attached hydrogen (secondary N) is 3. The topological polar surface area (TPSA) is 91.8 Å². The fourth-order valence-corrected chi connectivity index (χ4v) is 4.74. The summed E-state index contributed by atoms with van der Waals surface area (Å²) in [5.41, 5.74) is 4.91. The molecule has 0 aliphatic heterocycles. The maximum atomic E-state index is 13.7. The third-order valence-electron chi connectivity index (χ3n) is 7.02. The Balaban J connectivity index is 1.30. The molecule has 0 spiro atoms. The molecular formula is C29H26FN5O2. The maximum absolute atomic E-state index is 13.7. The molecule has 3 N–H and O–H groups in total. The van der Waals surface area contributed by atoms with Gasteiger partial charge in [0.05, 0.1) is 17.1 Å². The molecular weight excluding hydrogens is 469 g/mol. The van der Waals surface area contributed by atoms with Gasteiger partial charge in [-0.3, -0.25) is 14.7 Å². The van der Waals surface area contributed by atoms with E-state index < -0.39 is 0 Å². The van der Waals surface area contributed by atoms with Crippen molar-refractivity contribution < 1.29 is 14.0 Å². The number of aryl methyl sites for hydroxylation is 1. The summed E-state index contributed by atoms with van der Waals surface area (Å²) in [7, 11) is 1.91. The van der Waals surface area contributed by atoms with Gasteiger partial charge in [-0.25, -0.2) is 4.39 Å². The van der Waals surface area contributed by atoms with Crippen molar-refractivity contribution in [1.29, 1.82) is 0 Å². The van der Waals surface area contributed by atoms with E-state index in [2.05, 4.69) is 20.8 Å². The molecule has 0 saturated heterocycles. The third kappa shape index (κ3) is 4.35. The van der Waals surface area contributed by atoms with E-state index in [0.29, 0.717) is 16.9 Å². The van der Waals surface area contributed by atoms with E-state index in [1.165, 1.54) is 12.1 Å². The number of nitrogens with zero attached hydrogens (tertiary/aromatic N) is 2. The molecule has 3 aromatic carbocycles. The lowest BCUT2D eigenvalue weighted by Gasteiger charge is -2.14. The number of hydrogen-bond donors (Lipinski definition) is 3. The fourth-order valence-electron chi connectivity index (χ4n) is 4.74. The molecule has 1 saturated carbocycles. The molecule has 1 aliphatic carbocycles. The molecule has 1 fully saturated rings. The summed E-state index contributed by atoms with van der Waals surface area (Å²) in [5, 5.41) is 14.9. The van der Waals surface area contributed by atoms with Crippen LogP contribution in [0.15, 0.2) is 66.9 Å². The van der Waals surface area contributed by atoms with E-state index in [1.54, 1.807) is 12.1 Å². The van der Waals surface area contributed by atoms with Crippen LogP contribution < -0.4 is 10.6 Å². The van der Waals surface area contributed by atoms with Gasteiger partial charge in [0.1, 0.15) is 5.82 Å². The highest BCUT2D eigenvalue weighted by Gasteiger charge is 2.30. The summed E-state index contributed by atoms with van der Waals surface area (Å²) < 4.78 is 15.6. The van der Waals surface area contributed by atoms with E-state index in [4.69, 9.17) is 0 Å². The second-order valence-corrected chi connectivity index (χ2v) is 9.73. The number of benzene rings is 3. The fraction of sp³-hybridized carbons (Fsp3) is 0.207. The van der Waals surface area contributed by atoms with Crippen molar-refractivity contribution in [2.45, 2.75) is 25.8 Å². The van der Waals surface area contributed by atoms with Crippen LogP contribution in [-0.4, -0.2) is 26.6 Å². The Morgan fingerprint density at radius 3 is 2.62 bits per heavy atom. The predicted molar refractivity (Wildman–Crippen MR) is 142 cm³/mol. The number of rotatable bonds is 6. The summed E-state index contributed by atoms with van der Waals surface area (Å²) in [6.45, 7) is 1.84. The zero-order chi connectivity index (χ0) is 25.7. The van der Waals surface area contributed by atoms with Crippen LogP contribution in [0.1, 0.15) is 41.7 Å². The molecule has 1 unspecified atom stereocenters. The predicted octanol–water partition coefficient (Wildman–Crippen LogP) is 5.70. The largest absolute Gasteiger partial charge is 0.350 e. The summed E-state index contributed by atoms with van der Waals surface area (Å²) in [4.78, 5) is 25.4. The van der Waals surface area contributed by atoms with Crippen molar-refractivity contribution in [3.63, 3.8) is 0 Å². The standard InChI is InChI=1S/C29H26FN5O2/c1-16(18-4-3-5-21(30)12-18)31-29(37)24-15-35(2)26-11-9-19(13-23(24)26)20-8-10-22-25(14-20)33-34-27(22)32-28(36)17-6-7-17/h3-5,8-17H,6-7H2,1-2H3,(H,31,37)(H2,32,33,34,36). The first-order valence-electron chi connectivity index (χ1n) is 12.3. The number of anilines is 1. The van der Waals surface area contributed by atoms with Crippen LogP contribution in [0.4, 0.5) is 10.2 Å². The first-order chi connectivity index (χ1) is 17.9. The van der Waals surface area contributed by atoms with Crippen molar-refractivity contribution >= 4 is 39.4 Å². The van der Waals surface area contributed by atoms with E-state index in [0.717, 1.165) is 45.8 Å². The molecule has 5 aromatic rings. The normalized spacial score (nSPS) is 14.1. The van der Waals surface area contributed by atoms with Crippen molar-refractivity contribution in [1.82, 2.24) is 20.1 Å². The maximum Gasteiger partial charge on any atom is 0.253 e. The number of aromatic nitrogens is 3. The zero-order valence-corrected chi connectivity index (χ0v) is 20.5. The minimum absolute atomic E-state index is 0.0181. The first kappa shape index (κ1) is 23.0. The van der Waals surface area contributed by atoms with Gasteiger partial charge in [-0.2, -0.15) is 5.10 Å². The number of aromatic amines is 1. The van der Waals surface area contributed by atoms with Crippen LogP contribution in [-0.2, 0) is 11.8 Å². The quantitative estimate of drug-likeness (QED) is 0.282. The van der Waals surface area contributed by atoms with Crippen LogP contribution in [0.5, 0.6) is 0 Å². The Morgan fingerprint density at radius 1 is 1.05 bits per heavy atom. The summed E-state index contributed by atoms with van der Waals surface area (Å²) in [5.74, 6) is 0.111. The smallest absolute Gasteiger partial charge is 0.253 e. The molecule has 6 rings (SSSR count). The molecule has 0 bridgehead atoms. The van der Waals surface area contributed by atoms with E-state index >= 15 is 0 Å². The van der Waals surface area contributed by atoms with Crippen molar-refractivity contribution in [3.05, 3.63) is 83.8 Å². The number of carbonyl (C=O) groups is 2. The Labute approximate surface area is 212 Å². The molecule has 1 atom stereocenters. The molecule has 2 aromatic heterocycles. The van der Waals surface area contributed by atoms with Crippen LogP contribution in [0.3, 0.4) is 0 Å². The van der Waals surface area contributed by atoms with Crippen LogP contribution in [0.2, 0.25) is 0 Å². The lowest BCUT2D eigenvalue weighted by Crippen LogP contribution is -2.26. The molecule has 1 aliphatic rings. The van der Waals surface area contributed by atoms with Gasteiger partial charge >= 0.3 is 0 Å². The molecule has 0 radical (unpaired) electrons. The number of H-pyrrole nitrogens is 1. The molecule has 7 nitrogen and oxygen atoms in total. The molecule has 8 heteroatoms. The van der Waals surface area contributed by atoms with Gasteiger partial charge in [0, 0.05) is 35.5 Å². The number of hydrogen-bond acceptors (Lipinski definition) is 3. The highest BCUT2D eigenvalue weighted by atomic mass is 19.1. The Hall–Kier alpha value is -4.46. The monoisotopic (exact) mass is 495 g/mol. The number of carbonyl (C=O) groups excluding carboxylic acids is 2. The van der Waals surface area contributed by atoms with Crippen molar-refractivity contribution in [3.8, 4) is 11.1 Å². The summed E-state index contributed by atoms with van der Waals surface area (Å²) >= 11 is 0. The SMILES string of the molecule is CC(NC(=O)c1cn(C)c2ccc(-c3ccc4c(NC(=O)C5CC5)n[nH]c4c3)cc12)c1cccc(F)c1.